The fraction of sp³-hybridized carbons (Fsp3) is 0.0833. The van der Waals surface area contributed by atoms with E-state index in [1.807, 2.05) is 24.3 Å². The van der Waals surface area contributed by atoms with Gasteiger partial charge in [-0.15, -0.1) is 0 Å². The minimum atomic E-state index is 0.658. The maximum Gasteiger partial charge on any atom is 0.131 e. The van der Waals surface area contributed by atoms with Crippen LogP contribution in [0, 0.1) is 0 Å². The molecule has 0 bridgehead atoms. The molecule has 0 atom stereocenters. The molecule has 0 amide bonds. The normalized spacial score (nSPS) is 9.88. The van der Waals surface area contributed by atoms with Crippen molar-refractivity contribution in [3.8, 4) is 5.75 Å². The van der Waals surface area contributed by atoms with Crippen LogP contribution < -0.4 is 10.1 Å². The molecule has 1 heterocycles. The van der Waals surface area contributed by atoms with Crippen molar-refractivity contribution < 1.29 is 4.74 Å². The van der Waals surface area contributed by atoms with Gasteiger partial charge in [0, 0.05) is 16.9 Å². The van der Waals surface area contributed by atoms with Crippen LogP contribution >= 0.6 is 11.6 Å². The molecule has 4 heteroatoms. The average molecular weight is 235 g/mol. The van der Waals surface area contributed by atoms with E-state index in [-0.39, 0.29) is 0 Å². The van der Waals surface area contributed by atoms with Crippen molar-refractivity contribution in [2.45, 2.75) is 0 Å². The average Bonchev–Trinajstić information content (AvgIpc) is 2.30. The lowest BCUT2D eigenvalue weighted by Crippen LogP contribution is -1.92. The van der Waals surface area contributed by atoms with E-state index in [1.165, 1.54) is 0 Å². The minimum Gasteiger partial charge on any atom is -0.497 e. The summed E-state index contributed by atoms with van der Waals surface area (Å²) in [5.74, 6) is 1.54. The Labute approximate surface area is 99.0 Å². The molecule has 0 saturated carbocycles. The van der Waals surface area contributed by atoms with E-state index in [1.54, 1.807) is 25.4 Å². The highest BCUT2D eigenvalue weighted by Gasteiger charge is 1.97. The summed E-state index contributed by atoms with van der Waals surface area (Å²) < 4.78 is 5.07. The van der Waals surface area contributed by atoms with Gasteiger partial charge in [-0.05, 0) is 36.4 Å². The van der Waals surface area contributed by atoms with Crippen molar-refractivity contribution in [2.24, 2.45) is 0 Å². The highest BCUT2D eigenvalue weighted by atomic mass is 35.5. The van der Waals surface area contributed by atoms with Crippen LogP contribution in [0.25, 0.3) is 0 Å². The predicted octanol–water partition coefficient (Wildman–Crippen LogP) is 3.49. The fourth-order valence-electron chi connectivity index (χ4n) is 1.30. The van der Waals surface area contributed by atoms with Crippen molar-refractivity contribution in [1.29, 1.82) is 0 Å². The van der Waals surface area contributed by atoms with E-state index in [9.17, 15) is 0 Å². The van der Waals surface area contributed by atoms with Gasteiger partial charge in [-0.25, -0.2) is 4.98 Å². The second-order valence-corrected chi connectivity index (χ2v) is 3.65. The summed E-state index contributed by atoms with van der Waals surface area (Å²) in [6.45, 7) is 0. The zero-order valence-electron chi connectivity index (χ0n) is 8.77. The van der Waals surface area contributed by atoms with Crippen LogP contribution in [0.5, 0.6) is 5.75 Å². The first-order valence-electron chi connectivity index (χ1n) is 4.80. The Morgan fingerprint density at radius 1 is 1.19 bits per heavy atom. The number of halogens is 1. The number of nitrogens with one attached hydrogen (secondary N) is 1. The van der Waals surface area contributed by atoms with Gasteiger partial charge in [-0.3, -0.25) is 0 Å². The first-order valence-corrected chi connectivity index (χ1v) is 5.18. The van der Waals surface area contributed by atoms with Crippen molar-refractivity contribution >= 4 is 23.1 Å². The second kappa shape index (κ2) is 4.86. The molecule has 1 aromatic heterocycles. The maximum atomic E-state index is 5.86. The van der Waals surface area contributed by atoms with Crippen LogP contribution in [-0.4, -0.2) is 12.1 Å². The van der Waals surface area contributed by atoms with E-state index < -0.39 is 0 Å². The number of pyridine rings is 1. The van der Waals surface area contributed by atoms with Gasteiger partial charge in [0.25, 0.3) is 0 Å². The van der Waals surface area contributed by atoms with Gasteiger partial charge in [0.05, 0.1) is 7.11 Å². The van der Waals surface area contributed by atoms with Crippen molar-refractivity contribution in [3.05, 3.63) is 47.6 Å². The molecule has 0 fully saturated rings. The molecule has 0 saturated heterocycles. The van der Waals surface area contributed by atoms with Gasteiger partial charge in [-0.1, -0.05) is 11.6 Å². The van der Waals surface area contributed by atoms with E-state index in [4.69, 9.17) is 16.3 Å². The molecular formula is C12H11ClN2O. The Hall–Kier alpha value is -1.74. The number of ether oxygens (including phenoxy) is 1. The Morgan fingerprint density at radius 3 is 2.56 bits per heavy atom. The van der Waals surface area contributed by atoms with Crippen LogP contribution in [0.4, 0.5) is 11.5 Å². The first kappa shape index (κ1) is 10.8. The molecule has 0 unspecified atom stereocenters. The molecule has 1 N–H and O–H groups in total. The van der Waals surface area contributed by atoms with Crippen molar-refractivity contribution in [1.82, 2.24) is 4.98 Å². The Kier molecular flexibility index (Phi) is 3.27. The lowest BCUT2D eigenvalue weighted by Gasteiger charge is -2.06. The smallest absolute Gasteiger partial charge is 0.131 e. The third-order valence-electron chi connectivity index (χ3n) is 2.08. The monoisotopic (exact) mass is 234 g/mol. The molecule has 1 aromatic carbocycles. The lowest BCUT2D eigenvalue weighted by molar-refractivity contribution is 0.415. The largest absolute Gasteiger partial charge is 0.497 e. The quantitative estimate of drug-likeness (QED) is 0.883. The molecule has 82 valence electrons. The highest BCUT2D eigenvalue weighted by Crippen LogP contribution is 2.20. The van der Waals surface area contributed by atoms with E-state index in [0.29, 0.717) is 5.02 Å². The molecular weight excluding hydrogens is 224 g/mol. The Balaban J connectivity index is 2.14. The van der Waals surface area contributed by atoms with Crippen LogP contribution in [0.1, 0.15) is 0 Å². The highest BCUT2D eigenvalue weighted by molar-refractivity contribution is 6.30. The first-order chi connectivity index (χ1) is 7.78. The molecule has 3 nitrogen and oxygen atoms in total. The summed E-state index contributed by atoms with van der Waals surface area (Å²) in [4.78, 5) is 4.15. The molecule has 0 aliphatic carbocycles. The number of aromatic nitrogens is 1. The second-order valence-electron chi connectivity index (χ2n) is 3.21. The lowest BCUT2D eigenvalue weighted by atomic mass is 10.3. The number of nitrogens with zero attached hydrogens (tertiary/aromatic N) is 1. The van der Waals surface area contributed by atoms with Crippen molar-refractivity contribution in [2.75, 3.05) is 12.4 Å². The number of benzene rings is 1. The maximum absolute atomic E-state index is 5.86. The molecule has 0 radical (unpaired) electrons. The van der Waals surface area contributed by atoms with E-state index in [2.05, 4.69) is 10.3 Å². The zero-order valence-corrected chi connectivity index (χ0v) is 9.53. The summed E-state index contributed by atoms with van der Waals surface area (Å²) in [5, 5.41) is 3.80. The third-order valence-corrected chi connectivity index (χ3v) is 2.32. The van der Waals surface area contributed by atoms with Gasteiger partial charge >= 0.3 is 0 Å². The van der Waals surface area contributed by atoms with E-state index >= 15 is 0 Å². The third kappa shape index (κ3) is 2.64. The summed E-state index contributed by atoms with van der Waals surface area (Å²) in [7, 11) is 1.64. The number of rotatable bonds is 3. The standard InChI is InChI=1S/C12H11ClN2O/c1-16-11-4-2-10(3-5-11)15-12-8-9(13)6-7-14-12/h2-8H,1H3,(H,14,15). The molecule has 0 spiro atoms. The van der Waals surface area contributed by atoms with Gasteiger partial charge in [0.1, 0.15) is 11.6 Å². The molecule has 0 aliphatic heterocycles. The zero-order chi connectivity index (χ0) is 11.4. The Morgan fingerprint density at radius 2 is 1.94 bits per heavy atom. The molecule has 2 aromatic rings. The summed E-state index contributed by atoms with van der Waals surface area (Å²) in [5.41, 5.74) is 0.940. The van der Waals surface area contributed by atoms with Crippen LogP contribution in [0.3, 0.4) is 0 Å². The number of hydrogen-bond donors (Lipinski definition) is 1. The van der Waals surface area contributed by atoms with Crippen LogP contribution in [-0.2, 0) is 0 Å². The van der Waals surface area contributed by atoms with Gasteiger partial charge < -0.3 is 10.1 Å². The topological polar surface area (TPSA) is 34.1 Å². The molecule has 0 aliphatic rings. The SMILES string of the molecule is COc1ccc(Nc2cc(Cl)ccn2)cc1. The predicted molar refractivity (Wildman–Crippen MR) is 65.5 cm³/mol. The molecule has 2 rings (SSSR count). The van der Waals surface area contributed by atoms with Crippen LogP contribution in [0.2, 0.25) is 5.02 Å². The number of methoxy groups -OCH3 is 1. The van der Waals surface area contributed by atoms with Gasteiger partial charge in [0.15, 0.2) is 0 Å². The fourth-order valence-corrected chi connectivity index (χ4v) is 1.46. The van der Waals surface area contributed by atoms with Gasteiger partial charge in [-0.2, -0.15) is 0 Å². The minimum absolute atomic E-state index is 0.658. The molecule has 16 heavy (non-hydrogen) atoms. The van der Waals surface area contributed by atoms with E-state index in [0.717, 1.165) is 17.3 Å². The summed E-state index contributed by atoms with van der Waals surface area (Å²) in [6, 6.07) is 11.1. The van der Waals surface area contributed by atoms with Crippen molar-refractivity contribution in [3.63, 3.8) is 0 Å². The number of hydrogen-bond acceptors (Lipinski definition) is 3. The Bertz CT molecular complexity index is 471. The summed E-state index contributed by atoms with van der Waals surface area (Å²) in [6.07, 6.45) is 1.66. The summed E-state index contributed by atoms with van der Waals surface area (Å²) >= 11 is 5.86. The van der Waals surface area contributed by atoms with Gasteiger partial charge in [0.2, 0.25) is 0 Å². The van der Waals surface area contributed by atoms with Crippen LogP contribution in [0.15, 0.2) is 42.6 Å². The number of anilines is 2.